The average Bonchev–Trinajstić information content (AvgIpc) is 2.81. The number of benzene rings is 2. The lowest BCUT2D eigenvalue weighted by atomic mass is 10.1. The van der Waals surface area contributed by atoms with E-state index in [1.54, 1.807) is 6.07 Å². The lowest BCUT2D eigenvalue weighted by Crippen LogP contribution is -2.39. The number of hydrogen-bond donors (Lipinski definition) is 0. The van der Waals surface area contributed by atoms with E-state index in [-0.39, 0.29) is 18.6 Å². The summed E-state index contributed by atoms with van der Waals surface area (Å²) < 4.78 is 6.61. The number of nitrogens with zero attached hydrogens (tertiary/aromatic N) is 1. The van der Waals surface area contributed by atoms with Crippen LogP contribution in [0.15, 0.2) is 40.9 Å². The fourth-order valence-corrected chi connectivity index (χ4v) is 4.05. The molecule has 23 heavy (non-hydrogen) atoms. The van der Waals surface area contributed by atoms with Crippen molar-refractivity contribution in [3.63, 3.8) is 0 Å². The molecule has 0 spiro atoms. The highest BCUT2D eigenvalue weighted by Crippen LogP contribution is 2.34. The topological polar surface area (TPSA) is 29.5 Å². The van der Waals surface area contributed by atoms with E-state index < -0.39 is 0 Å². The first-order valence-electron chi connectivity index (χ1n) is 7.46. The van der Waals surface area contributed by atoms with Crippen molar-refractivity contribution in [2.24, 2.45) is 0 Å². The van der Waals surface area contributed by atoms with Crippen molar-refractivity contribution in [1.29, 1.82) is 0 Å². The number of carbonyl (C=O) groups excluding carboxylic acids is 1. The summed E-state index contributed by atoms with van der Waals surface area (Å²) in [5.74, 6) is 0.504. The van der Waals surface area contributed by atoms with Gasteiger partial charge in [-0.1, -0.05) is 45.7 Å². The van der Waals surface area contributed by atoms with Gasteiger partial charge >= 0.3 is 0 Å². The lowest BCUT2D eigenvalue weighted by Gasteiger charge is -2.23. The first-order valence-corrected chi connectivity index (χ1v) is 8.63. The van der Waals surface area contributed by atoms with Crippen molar-refractivity contribution in [3.05, 3.63) is 57.0 Å². The molecule has 0 saturated heterocycles. The maximum absolute atomic E-state index is 12.6. The molecule has 0 bridgehead atoms. The summed E-state index contributed by atoms with van der Waals surface area (Å²) in [5, 5.41) is 0.500. The van der Waals surface area contributed by atoms with Gasteiger partial charge in [0.25, 0.3) is 5.91 Å². The molecule has 0 radical (unpaired) electrons. The zero-order chi connectivity index (χ0) is 16.6. The Morgan fingerprint density at radius 3 is 2.87 bits per heavy atom. The lowest BCUT2D eigenvalue weighted by molar-refractivity contribution is -0.120. The minimum atomic E-state index is -0.0548. The third-order valence-corrected chi connectivity index (χ3v) is 4.75. The summed E-state index contributed by atoms with van der Waals surface area (Å²) in [6.45, 7) is 3.93. The Labute approximate surface area is 149 Å². The number of amides is 1. The number of aryl methyl sites for hydroxylation is 1. The van der Waals surface area contributed by atoms with Gasteiger partial charge in [0, 0.05) is 16.2 Å². The van der Waals surface area contributed by atoms with Crippen LogP contribution in [0.3, 0.4) is 0 Å². The molecule has 1 atom stereocenters. The van der Waals surface area contributed by atoms with Gasteiger partial charge in [-0.05, 0) is 49.6 Å². The Balaban J connectivity index is 1.76. The van der Waals surface area contributed by atoms with E-state index >= 15 is 0 Å². The first-order chi connectivity index (χ1) is 11.0. The van der Waals surface area contributed by atoms with E-state index in [0.29, 0.717) is 10.8 Å². The van der Waals surface area contributed by atoms with Crippen LogP contribution in [-0.4, -0.2) is 18.6 Å². The van der Waals surface area contributed by atoms with Gasteiger partial charge in [0.1, 0.15) is 5.75 Å². The Kier molecular flexibility index (Phi) is 4.64. The Morgan fingerprint density at radius 1 is 1.39 bits per heavy atom. The van der Waals surface area contributed by atoms with Gasteiger partial charge in [-0.2, -0.15) is 0 Å². The second kappa shape index (κ2) is 6.54. The number of fused-ring (bicyclic) bond motifs is 1. The molecule has 0 saturated carbocycles. The third-order valence-electron chi connectivity index (χ3n) is 4.01. The van der Waals surface area contributed by atoms with Crippen molar-refractivity contribution in [3.8, 4) is 5.75 Å². The van der Waals surface area contributed by atoms with Crippen molar-refractivity contribution in [2.45, 2.75) is 26.3 Å². The molecule has 3 rings (SSSR count). The van der Waals surface area contributed by atoms with E-state index in [2.05, 4.69) is 28.9 Å². The molecule has 0 aliphatic carbocycles. The molecule has 2 aromatic rings. The molecule has 0 unspecified atom stereocenters. The maximum atomic E-state index is 12.6. The first kappa shape index (κ1) is 16.3. The summed E-state index contributed by atoms with van der Waals surface area (Å²) in [6.07, 6.45) is 0.875. The standard InChI is InChI=1S/C18H17BrClNO2/c1-11-7-14(19)9-15(20)18(11)23-10-17(22)21-12(2)8-13-5-3-4-6-16(13)21/h3-7,9,12H,8,10H2,1-2H3/t12-/m1/s1. The molecule has 0 N–H and O–H groups in total. The minimum Gasteiger partial charge on any atom is -0.482 e. The molecule has 1 aliphatic rings. The fraction of sp³-hybridized carbons (Fsp3) is 0.278. The van der Waals surface area contributed by atoms with Crippen LogP contribution in [0.1, 0.15) is 18.1 Å². The summed E-state index contributed by atoms with van der Waals surface area (Å²) in [6, 6.07) is 11.8. The van der Waals surface area contributed by atoms with E-state index in [1.807, 2.05) is 36.1 Å². The molecular formula is C18H17BrClNO2. The zero-order valence-electron chi connectivity index (χ0n) is 13.0. The Hall–Kier alpha value is -1.52. The molecule has 0 aromatic heterocycles. The van der Waals surface area contributed by atoms with Crippen LogP contribution in [0.2, 0.25) is 5.02 Å². The van der Waals surface area contributed by atoms with Crippen LogP contribution in [0.5, 0.6) is 5.75 Å². The summed E-state index contributed by atoms with van der Waals surface area (Å²) in [5.41, 5.74) is 3.07. The van der Waals surface area contributed by atoms with Gasteiger partial charge < -0.3 is 9.64 Å². The molecule has 2 aromatic carbocycles. The number of carbonyl (C=O) groups is 1. The number of para-hydroxylation sites is 1. The van der Waals surface area contributed by atoms with Gasteiger partial charge in [0.15, 0.2) is 6.61 Å². The number of anilines is 1. The maximum Gasteiger partial charge on any atom is 0.265 e. The number of halogens is 2. The molecule has 120 valence electrons. The van der Waals surface area contributed by atoms with Crippen LogP contribution in [0.4, 0.5) is 5.69 Å². The van der Waals surface area contributed by atoms with Crippen LogP contribution in [0, 0.1) is 6.92 Å². The van der Waals surface area contributed by atoms with Crippen molar-refractivity contribution >= 4 is 39.1 Å². The van der Waals surface area contributed by atoms with Crippen molar-refractivity contribution in [1.82, 2.24) is 0 Å². The fourth-order valence-electron chi connectivity index (χ4n) is 3.02. The molecule has 0 fully saturated rings. The van der Waals surface area contributed by atoms with Crippen LogP contribution in [-0.2, 0) is 11.2 Å². The second-order valence-electron chi connectivity index (χ2n) is 5.77. The van der Waals surface area contributed by atoms with Gasteiger partial charge in [-0.15, -0.1) is 0 Å². The van der Waals surface area contributed by atoms with E-state index in [0.717, 1.165) is 22.1 Å². The monoisotopic (exact) mass is 393 g/mol. The van der Waals surface area contributed by atoms with Crippen LogP contribution < -0.4 is 9.64 Å². The van der Waals surface area contributed by atoms with Gasteiger partial charge in [0.2, 0.25) is 0 Å². The average molecular weight is 395 g/mol. The molecule has 3 nitrogen and oxygen atoms in total. The molecule has 5 heteroatoms. The molecule has 1 heterocycles. The van der Waals surface area contributed by atoms with Gasteiger partial charge in [-0.3, -0.25) is 4.79 Å². The van der Waals surface area contributed by atoms with E-state index in [9.17, 15) is 4.79 Å². The zero-order valence-corrected chi connectivity index (χ0v) is 15.3. The number of ether oxygens (including phenoxy) is 1. The van der Waals surface area contributed by atoms with Crippen molar-refractivity contribution < 1.29 is 9.53 Å². The number of hydrogen-bond acceptors (Lipinski definition) is 2. The normalized spacial score (nSPS) is 16.3. The second-order valence-corrected chi connectivity index (χ2v) is 7.09. The quantitative estimate of drug-likeness (QED) is 0.750. The smallest absolute Gasteiger partial charge is 0.265 e. The van der Waals surface area contributed by atoms with Gasteiger partial charge in [-0.25, -0.2) is 0 Å². The predicted octanol–water partition coefficient (Wildman–Crippen LogP) is 4.77. The van der Waals surface area contributed by atoms with Crippen LogP contribution >= 0.6 is 27.5 Å². The van der Waals surface area contributed by atoms with E-state index in [1.165, 1.54) is 5.56 Å². The minimum absolute atomic E-state index is 0.0269. The summed E-state index contributed by atoms with van der Waals surface area (Å²) in [7, 11) is 0. The SMILES string of the molecule is Cc1cc(Br)cc(Cl)c1OCC(=O)N1c2ccccc2C[C@H]1C. The molecule has 1 amide bonds. The molecular weight excluding hydrogens is 378 g/mol. The Bertz CT molecular complexity index is 739. The summed E-state index contributed by atoms with van der Waals surface area (Å²) >= 11 is 9.60. The largest absolute Gasteiger partial charge is 0.482 e. The highest BCUT2D eigenvalue weighted by molar-refractivity contribution is 9.10. The van der Waals surface area contributed by atoms with Crippen LogP contribution in [0.25, 0.3) is 0 Å². The molecule has 1 aliphatic heterocycles. The van der Waals surface area contributed by atoms with E-state index in [4.69, 9.17) is 16.3 Å². The van der Waals surface area contributed by atoms with Gasteiger partial charge in [0.05, 0.1) is 5.02 Å². The van der Waals surface area contributed by atoms with Crippen molar-refractivity contribution in [2.75, 3.05) is 11.5 Å². The number of rotatable bonds is 3. The Morgan fingerprint density at radius 2 is 2.13 bits per heavy atom. The highest BCUT2D eigenvalue weighted by Gasteiger charge is 2.30. The highest BCUT2D eigenvalue weighted by atomic mass is 79.9. The predicted molar refractivity (Wildman–Crippen MR) is 96.5 cm³/mol. The third kappa shape index (κ3) is 3.24. The summed E-state index contributed by atoms with van der Waals surface area (Å²) in [4.78, 5) is 14.4.